The highest BCUT2D eigenvalue weighted by Gasteiger charge is 2.12. The van der Waals surface area contributed by atoms with Crippen molar-refractivity contribution in [1.29, 1.82) is 0 Å². The third-order valence-electron chi connectivity index (χ3n) is 0.575. The molecule has 10 heavy (non-hydrogen) atoms. The van der Waals surface area contributed by atoms with E-state index in [1.165, 1.54) is 0 Å². The highest BCUT2D eigenvalue weighted by atomic mass is 32.3. The maximum absolute atomic E-state index is 9.84. The first-order valence-electron chi connectivity index (χ1n) is 2.60. The summed E-state index contributed by atoms with van der Waals surface area (Å²) >= 11 is 0. The Labute approximate surface area is 60.1 Å². The summed E-state index contributed by atoms with van der Waals surface area (Å²) in [7, 11) is -4.59. The minimum atomic E-state index is -4.59. The van der Waals surface area contributed by atoms with Crippen LogP contribution in [0.25, 0.3) is 0 Å². The van der Waals surface area contributed by atoms with Gasteiger partial charge in [0.25, 0.3) is 0 Å². The van der Waals surface area contributed by atoms with E-state index in [-0.39, 0.29) is 6.61 Å². The molecule has 0 fully saturated rings. The highest BCUT2D eigenvalue weighted by molar-refractivity contribution is 7.80. The first kappa shape index (κ1) is 9.83. The molecule has 5 nitrogen and oxygen atoms in total. The fourth-order valence-electron chi connectivity index (χ4n) is 0.224. The molecule has 0 aliphatic rings. The average Bonchev–Trinajstić information content (AvgIpc) is 1.57. The van der Waals surface area contributed by atoms with E-state index < -0.39 is 15.9 Å². The Bertz CT molecular complexity index is 190. The normalized spacial score (nSPS) is 13.6. The van der Waals surface area contributed by atoms with E-state index in [0.29, 0.717) is 0 Å². The Morgan fingerprint density at radius 1 is 1.60 bits per heavy atom. The fraction of sp³-hybridized carbons (Fsp3) is 1.00. The van der Waals surface area contributed by atoms with Crippen molar-refractivity contribution in [3.63, 3.8) is 0 Å². The Morgan fingerprint density at radius 3 is 2.10 bits per heavy atom. The van der Waals surface area contributed by atoms with Crippen LogP contribution in [0, 0.1) is 0 Å². The lowest BCUT2D eigenvalue weighted by atomic mass is 10.1. The Kier molecular flexibility index (Phi) is 2.78. The molecule has 0 unspecified atom stereocenters. The average molecular weight is 168 g/mol. The van der Waals surface area contributed by atoms with Crippen molar-refractivity contribution in [2.75, 3.05) is 6.61 Å². The van der Waals surface area contributed by atoms with Crippen LogP contribution in [0.5, 0.6) is 0 Å². The number of hydrogen-bond acceptors (Lipinski definition) is 5. The topological polar surface area (TPSA) is 92.5 Å². The fourth-order valence-corrected chi connectivity index (χ4v) is 0.672. The largest absolute Gasteiger partial charge is 0.726 e. The van der Waals surface area contributed by atoms with Crippen LogP contribution in [-0.4, -0.2) is 25.1 Å². The van der Waals surface area contributed by atoms with Crippen LogP contribution in [0.3, 0.4) is 0 Å². The standard InChI is InChI=1S/C4H11NO4S/c1-4(2,5)3-9-10(6,7)8/h3,5H2,1-2H3,(H,6,7,8)/p-1. The van der Waals surface area contributed by atoms with Gasteiger partial charge in [0, 0.05) is 5.54 Å². The van der Waals surface area contributed by atoms with Gasteiger partial charge in [0.2, 0.25) is 10.4 Å². The van der Waals surface area contributed by atoms with E-state index in [1.807, 2.05) is 0 Å². The van der Waals surface area contributed by atoms with Crippen molar-refractivity contribution in [2.45, 2.75) is 19.4 Å². The van der Waals surface area contributed by atoms with E-state index in [1.54, 1.807) is 13.8 Å². The van der Waals surface area contributed by atoms with Gasteiger partial charge in [0.1, 0.15) is 0 Å². The van der Waals surface area contributed by atoms with Gasteiger partial charge in [-0.05, 0) is 13.8 Å². The van der Waals surface area contributed by atoms with Crippen molar-refractivity contribution in [3.8, 4) is 0 Å². The first-order valence-corrected chi connectivity index (χ1v) is 3.93. The maximum Gasteiger partial charge on any atom is 0.217 e. The van der Waals surface area contributed by atoms with Crippen LogP contribution in [0.15, 0.2) is 0 Å². The van der Waals surface area contributed by atoms with E-state index >= 15 is 0 Å². The molecule has 0 bridgehead atoms. The predicted octanol–water partition coefficient (Wildman–Crippen LogP) is -0.799. The van der Waals surface area contributed by atoms with Gasteiger partial charge in [-0.2, -0.15) is 0 Å². The summed E-state index contributed by atoms with van der Waals surface area (Å²) < 4.78 is 33.4. The summed E-state index contributed by atoms with van der Waals surface area (Å²) in [5.41, 5.74) is 4.52. The molecule has 62 valence electrons. The van der Waals surface area contributed by atoms with Gasteiger partial charge in [-0.25, -0.2) is 8.42 Å². The highest BCUT2D eigenvalue weighted by Crippen LogP contribution is 1.98. The lowest BCUT2D eigenvalue weighted by Crippen LogP contribution is -2.38. The van der Waals surface area contributed by atoms with Crippen molar-refractivity contribution < 1.29 is 17.2 Å². The molecule has 0 aliphatic carbocycles. The maximum atomic E-state index is 9.84. The summed E-state index contributed by atoms with van der Waals surface area (Å²) in [5.74, 6) is 0. The summed E-state index contributed by atoms with van der Waals surface area (Å²) in [5, 5.41) is 0. The van der Waals surface area contributed by atoms with Gasteiger partial charge >= 0.3 is 0 Å². The SMILES string of the molecule is CC(C)(N)COS(=O)(=O)[O-]. The predicted molar refractivity (Wildman–Crippen MR) is 33.9 cm³/mol. The minimum Gasteiger partial charge on any atom is -0.726 e. The van der Waals surface area contributed by atoms with Gasteiger partial charge < -0.3 is 10.3 Å². The smallest absolute Gasteiger partial charge is 0.217 e. The number of hydrogen-bond donors (Lipinski definition) is 1. The van der Waals surface area contributed by atoms with Gasteiger partial charge in [0.05, 0.1) is 6.61 Å². The molecule has 2 N–H and O–H groups in total. The molecule has 0 saturated carbocycles. The van der Waals surface area contributed by atoms with Crippen molar-refractivity contribution >= 4 is 10.4 Å². The lowest BCUT2D eigenvalue weighted by Gasteiger charge is -2.18. The molecule has 0 atom stereocenters. The van der Waals surface area contributed by atoms with Gasteiger partial charge in [0.15, 0.2) is 0 Å². The number of nitrogens with two attached hydrogens (primary N) is 1. The van der Waals surface area contributed by atoms with Crippen LogP contribution < -0.4 is 5.73 Å². The molecule has 0 radical (unpaired) electrons. The van der Waals surface area contributed by atoms with E-state index in [0.717, 1.165) is 0 Å². The molecule has 0 saturated heterocycles. The number of rotatable bonds is 3. The van der Waals surface area contributed by atoms with Crippen LogP contribution in [-0.2, 0) is 14.6 Å². The molecule has 0 aromatic carbocycles. The van der Waals surface area contributed by atoms with E-state index in [4.69, 9.17) is 5.73 Å². The molecule has 0 spiro atoms. The minimum absolute atomic E-state index is 0.293. The molecule has 6 heteroatoms. The lowest BCUT2D eigenvalue weighted by molar-refractivity contribution is 0.213. The molecular formula is C4H10NO4S-. The summed E-state index contributed by atoms with van der Waals surface area (Å²) in [6.07, 6.45) is 0. The zero-order chi connectivity index (χ0) is 8.41. The van der Waals surface area contributed by atoms with Crippen molar-refractivity contribution in [2.24, 2.45) is 5.73 Å². The second-order valence-corrected chi connectivity index (χ2v) is 3.71. The van der Waals surface area contributed by atoms with E-state index in [2.05, 4.69) is 4.18 Å². The molecule has 0 aromatic rings. The van der Waals surface area contributed by atoms with Crippen molar-refractivity contribution in [3.05, 3.63) is 0 Å². The summed E-state index contributed by atoms with van der Waals surface area (Å²) in [6, 6.07) is 0. The Balaban J connectivity index is 3.79. The second kappa shape index (κ2) is 2.83. The quantitative estimate of drug-likeness (QED) is 0.440. The molecular weight excluding hydrogens is 158 g/mol. The van der Waals surface area contributed by atoms with E-state index in [9.17, 15) is 13.0 Å². The third kappa shape index (κ3) is 7.83. The van der Waals surface area contributed by atoms with Gasteiger partial charge in [-0.1, -0.05) is 0 Å². The molecule has 0 aromatic heterocycles. The first-order chi connectivity index (χ1) is 4.21. The zero-order valence-corrected chi connectivity index (χ0v) is 6.64. The van der Waals surface area contributed by atoms with Crippen molar-refractivity contribution in [1.82, 2.24) is 0 Å². The van der Waals surface area contributed by atoms with Gasteiger partial charge in [-0.15, -0.1) is 0 Å². The van der Waals surface area contributed by atoms with Crippen LogP contribution in [0.2, 0.25) is 0 Å². The van der Waals surface area contributed by atoms with Crippen LogP contribution in [0.1, 0.15) is 13.8 Å². The third-order valence-corrected chi connectivity index (χ3v) is 0.982. The Hall–Kier alpha value is -0.170. The van der Waals surface area contributed by atoms with Crippen LogP contribution >= 0.6 is 0 Å². The van der Waals surface area contributed by atoms with Gasteiger partial charge in [-0.3, -0.25) is 4.18 Å². The second-order valence-electron chi connectivity index (χ2n) is 2.66. The zero-order valence-electron chi connectivity index (χ0n) is 5.83. The molecule has 0 rings (SSSR count). The summed E-state index contributed by atoms with van der Waals surface area (Å²) in [6.45, 7) is 2.81. The molecule has 0 aliphatic heterocycles. The van der Waals surface area contributed by atoms with Crippen LogP contribution in [0.4, 0.5) is 0 Å². The Morgan fingerprint density at radius 2 is 2.00 bits per heavy atom. The molecule has 0 amide bonds. The summed E-state index contributed by atoms with van der Waals surface area (Å²) in [4.78, 5) is 0. The monoisotopic (exact) mass is 168 g/mol. The molecule has 0 heterocycles.